The second-order valence-electron chi connectivity index (χ2n) is 7.84. The molecule has 2 aliphatic heterocycles. The summed E-state index contributed by atoms with van der Waals surface area (Å²) in [4.78, 5) is 33.2. The zero-order chi connectivity index (χ0) is 22.1. The molecule has 0 unspecified atom stereocenters. The number of hydrogen-bond donors (Lipinski definition) is 1. The van der Waals surface area contributed by atoms with Crippen LogP contribution in [0.2, 0.25) is 0 Å². The van der Waals surface area contributed by atoms with Gasteiger partial charge in [-0.3, -0.25) is 4.79 Å². The van der Waals surface area contributed by atoms with Gasteiger partial charge in [0.1, 0.15) is 5.65 Å². The van der Waals surface area contributed by atoms with Gasteiger partial charge in [0, 0.05) is 36.4 Å². The van der Waals surface area contributed by atoms with Crippen molar-refractivity contribution in [2.24, 2.45) is 0 Å². The zero-order valence-corrected chi connectivity index (χ0v) is 18.2. The van der Waals surface area contributed by atoms with Crippen molar-refractivity contribution in [3.05, 3.63) is 82.4 Å². The Morgan fingerprint density at radius 3 is 3.00 bits per heavy atom. The molecule has 0 saturated heterocycles. The molecule has 0 spiro atoms. The third-order valence-electron chi connectivity index (χ3n) is 5.84. The molecule has 0 amide bonds. The minimum absolute atomic E-state index is 0.0890. The van der Waals surface area contributed by atoms with Crippen molar-refractivity contribution in [3.8, 4) is 0 Å². The van der Waals surface area contributed by atoms with Crippen molar-refractivity contribution in [1.29, 1.82) is 0 Å². The van der Waals surface area contributed by atoms with Gasteiger partial charge in [-0.1, -0.05) is 25.1 Å². The number of nitrogens with zero attached hydrogens (tertiary/aromatic N) is 2. The maximum Gasteiger partial charge on any atom is 0.276 e. The first-order valence-electron chi connectivity index (χ1n) is 10.9. The number of nitrogens with one attached hydrogen (secondary N) is 1. The number of rotatable bonds is 6. The molecule has 4 heterocycles. The van der Waals surface area contributed by atoms with E-state index in [1.54, 1.807) is 19.2 Å². The van der Waals surface area contributed by atoms with Crippen molar-refractivity contribution < 1.29 is 19.3 Å². The van der Waals surface area contributed by atoms with E-state index >= 15 is 0 Å². The van der Waals surface area contributed by atoms with Gasteiger partial charge in [-0.15, -0.1) is 0 Å². The molecule has 0 fully saturated rings. The van der Waals surface area contributed by atoms with Gasteiger partial charge in [0.25, 0.3) is 11.5 Å². The monoisotopic (exact) mass is 431 g/mol. The number of aromatic nitrogens is 2. The molecule has 0 bridgehead atoms. The first kappa shape index (κ1) is 20.3. The highest BCUT2D eigenvalue weighted by molar-refractivity contribution is 6.11. The van der Waals surface area contributed by atoms with Gasteiger partial charge in [0.2, 0.25) is 5.88 Å². The lowest BCUT2D eigenvalue weighted by Gasteiger charge is -2.30. The Hall–Kier alpha value is -3.58. The van der Waals surface area contributed by atoms with E-state index < -0.39 is 0 Å². The number of hydrogen-bond acceptors (Lipinski definition) is 6. The van der Waals surface area contributed by atoms with Gasteiger partial charge in [-0.05, 0) is 54.7 Å². The number of aromatic amines is 1. The molecule has 5 rings (SSSR count). The zero-order valence-electron chi connectivity index (χ0n) is 18.2. The molecule has 0 atom stereocenters. The summed E-state index contributed by atoms with van der Waals surface area (Å²) in [6, 6.07) is 10.4. The second-order valence-corrected chi connectivity index (χ2v) is 7.84. The molecule has 1 aromatic carbocycles. The lowest BCUT2D eigenvalue weighted by molar-refractivity contribution is -0.258. The van der Waals surface area contributed by atoms with Gasteiger partial charge in [-0.25, -0.2) is 4.98 Å². The number of ether oxygens (including phenoxy) is 1. The summed E-state index contributed by atoms with van der Waals surface area (Å²) in [7, 11) is 0. The van der Waals surface area contributed by atoms with Gasteiger partial charge < -0.3 is 19.5 Å². The normalized spacial score (nSPS) is 17.2. The average molecular weight is 431 g/mol. The summed E-state index contributed by atoms with van der Waals surface area (Å²) in [5.41, 5.74) is 5.45. The fourth-order valence-corrected chi connectivity index (χ4v) is 4.14. The molecule has 2 aliphatic rings. The molecule has 7 heteroatoms. The highest BCUT2D eigenvalue weighted by Gasteiger charge is 2.38. The molecule has 0 saturated carbocycles. The van der Waals surface area contributed by atoms with Crippen LogP contribution in [0.1, 0.15) is 36.1 Å². The fourth-order valence-electron chi connectivity index (χ4n) is 4.14. The maximum atomic E-state index is 13.2. The predicted octanol–water partition coefficient (Wildman–Crippen LogP) is 4.26. The summed E-state index contributed by atoms with van der Waals surface area (Å²) in [5.74, 6) is 0.360. The first-order chi connectivity index (χ1) is 15.7. The molecule has 1 N–H and O–H groups in total. The topological polar surface area (TPSA) is 76.7 Å². The highest BCUT2D eigenvalue weighted by Crippen LogP contribution is 2.34. The Bertz CT molecular complexity index is 1240. The van der Waals surface area contributed by atoms with Crippen LogP contribution in [0.5, 0.6) is 0 Å². The number of ketones is 1. The van der Waals surface area contributed by atoms with Crippen molar-refractivity contribution in [2.45, 2.75) is 33.2 Å². The van der Waals surface area contributed by atoms with Crippen molar-refractivity contribution in [1.82, 2.24) is 14.9 Å². The molecule has 7 nitrogen and oxygen atoms in total. The van der Waals surface area contributed by atoms with Crippen molar-refractivity contribution >= 4 is 22.9 Å². The minimum Gasteiger partial charge on any atom is -0.433 e. The number of carbonyl (C=O) groups is 1. The molecular weight excluding hydrogens is 406 g/mol. The van der Waals surface area contributed by atoms with Crippen molar-refractivity contribution in [2.75, 3.05) is 13.2 Å². The van der Waals surface area contributed by atoms with Crippen LogP contribution in [0.3, 0.4) is 0 Å². The number of pyridine rings is 1. The van der Waals surface area contributed by atoms with Gasteiger partial charge in [0.05, 0.1) is 6.61 Å². The maximum absolute atomic E-state index is 13.2. The highest BCUT2D eigenvalue weighted by atomic mass is 17.2. The number of fused-ring (bicyclic) bond motifs is 2. The summed E-state index contributed by atoms with van der Waals surface area (Å²) in [6.07, 6.45) is 7.11. The van der Waals surface area contributed by atoms with E-state index in [0.717, 1.165) is 36.0 Å². The fraction of sp³-hybridized carbons (Fsp3) is 0.280. The third kappa shape index (κ3) is 3.65. The van der Waals surface area contributed by atoms with E-state index in [2.05, 4.69) is 35.1 Å². The Kier molecular flexibility index (Phi) is 5.41. The SMILES string of the molecule is CCOOC1=C(N2CCc3ccc(CC)cc3C2)O/C(=C\c2c[nH]c3ncccc23)C1=O. The van der Waals surface area contributed by atoms with Crippen LogP contribution < -0.4 is 0 Å². The van der Waals surface area contributed by atoms with Crippen LogP contribution in [-0.2, 0) is 38.7 Å². The van der Waals surface area contributed by atoms with Gasteiger partial charge in [-0.2, -0.15) is 4.89 Å². The van der Waals surface area contributed by atoms with Crippen LogP contribution in [0.15, 0.2) is 60.1 Å². The molecule has 3 aromatic rings. The molecule has 2 aromatic heterocycles. The van der Waals surface area contributed by atoms with E-state index in [-0.39, 0.29) is 17.3 Å². The number of carbonyl (C=O) groups excluding carboxylic acids is 1. The number of Topliss-reactive ketones (excluding diaryl/α,β-unsaturated/α-hetero) is 1. The van der Waals surface area contributed by atoms with Gasteiger partial charge in [0.15, 0.2) is 5.76 Å². The van der Waals surface area contributed by atoms with Crippen molar-refractivity contribution in [3.63, 3.8) is 0 Å². The molecular formula is C25H25N3O4. The average Bonchev–Trinajstić information content (AvgIpc) is 3.38. The summed E-state index contributed by atoms with van der Waals surface area (Å²) < 4.78 is 6.09. The summed E-state index contributed by atoms with van der Waals surface area (Å²) in [6.45, 7) is 5.65. The second kappa shape index (κ2) is 8.51. The smallest absolute Gasteiger partial charge is 0.276 e. The molecule has 0 aliphatic carbocycles. The molecule has 32 heavy (non-hydrogen) atoms. The van der Waals surface area contributed by atoms with Gasteiger partial charge >= 0.3 is 0 Å². The number of aryl methyl sites for hydroxylation is 1. The lowest BCUT2D eigenvalue weighted by Crippen LogP contribution is -2.31. The Balaban J connectivity index is 1.47. The molecule has 0 radical (unpaired) electrons. The minimum atomic E-state index is -0.334. The standard InChI is InChI=1S/C25H25N3O4/c1-3-16-7-8-17-9-11-28(15-19(17)12-16)25-23(32-30-4-2)22(29)21(31-25)13-18-14-27-24-20(18)6-5-10-26-24/h5-8,10,12-14H,3-4,9,11,15H2,1-2H3,(H,26,27)/b21-13-. The van der Waals surface area contributed by atoms with Crippen LogP contribution in [0.25, 0.3) is 17.1 Å². The Morgan fingerprint density at radius 2 is 2.16 bits per heavy atom. The summed E-state index contributed by atoms with van der Waals surface area (Å²) >= 11 is 0. The largest absolute Gasteiger partial charge is 0.433 e. The van der Waals surface area contributed by atoms with Crippen LogP contribution in [-0.4, -0.2) is 33.8 Å². The predicted molar refractivity (Wildman–Crippen MR) is 120 cm³/mol. The Morgan fingerprint density at radius 1 is 1.25 bits per heavy atom. The molecule has 164 valence electrons. The van der Waals surface area contributed by atoms with Crippen LogP contribution >= 0.6 is 0 Å². The van der Waals surface area contributed by atoms with E-state index in [1.165, 1.54) is 16.7 Å². The van der Waals surface area contributed by atoms with E-state index in [1.807, 2.05) is 23.2 Å². The van der Waals surface area contributed by atoms with Crippen LogP contribution in [0.4, 0.5) is 0 Å². The number of H-pyrrole nitrogens is 1. The Labute approximate surface area is 186 Å². The number of benzene rings is 1. The van der Waals surface area contributed by atoms with E-state index in [0.29, 0.717) is 19.0 Å². The first-order valence-corrected chi connectivity index (χ1v) is 10.9. The lowest BCUT2D eigenvalue weighted by atomic mass is 9.97. The van der Waals surface area contributed by atoms with Crippen LogP contribution in [0, 0.1) is 0 Å². The quantitative estimate of drug-likeness (QED) is 0.357. The third-order valence-corrected chi connectivity index (χ3v) is 5.84. The summed E-state index contributed by atoms with van der Waals surface area (Å²) in [5, 5.41) is 0.913. The van der Waals surface area contributed by atoms with E-state index in [9.17, 15) is 4.79 Å². The van der Waals surface area contributed by atoms with E-state index in [4.69, 9.17) is 14.5 Å².